The van der Waals surface area contributed by atoms with Crippen LogP contribution >= 0.6 is 0 Å². The molecular formula is C12H12N4O4. The normalized spacial score (nSPS) is 10.1. The molecule has 0 fully saturated rings. The number of para-hydroxylation sites is 1. The number of nitro groups is 1. The third-order valence-electron chi connectivity index (χ3n) is 2.53. The summed E-state index contributed by atoms with van der Waals surface area (Å²) in [6, 6.07) is 4.31. The molecule has 8 heteroatoms. The average Bonchev–Trinajstić information content (AvgIpc) is 2.91. The Labute approximate surface area is 113 Å². The van der Waals surface area contributed by atoms with Gasteiger partial charge < -0.3 is 15.2 Å². The number of nitro benzene ring substituents is 1. The van der Waals surface area contributed by atoms with Crippen LogP contribution in [-0.2, 0) is 0 Å². The van der Waals surface area contributed by atoms with Gasteiger partial charge >= 0.3 is 0 Å². The molecule has 2 aromatic rings. The Balaban J connectivity index is 2.37. The summed E-state index contributed by atoms with van der Waals surface area (Å²) in [6.07, 6.45) is 2.60. The first-order valence-corrected chi connectivity index (χ1v) is 5.85. The summed E-state index contributed by atoms with van der Waals surface area (Å²) in [5, 5.41) is 19.8. The fourth-order valence-electron chi connectivity index (χ4n) is 1.71. The maximum absolute atomic E-state index is 12.1. The maximum atomic E-state index is 12.1. The van der Waals surface area contributed by atoms with Crippen molar-refractivity contribution < 1.29 is 14.2 Å². The Morgan fingerprint density at radius 1 is 1.50 bits per heavy atom. The van der Waals surface area contributed by atoms with Crippen LogP contribution in [0.5, 0.6) is 0 Å². The van der Waals surface area contributed by atoms with E-state index in [0.29, 0.717) is 12.2 Å². The van der Waals surface area contributed by atoms with E-state index in [1.54, 1.807) is 6.92 Å². The Morgan fingerprint density at radius 3 is 2.90 bits per heavy atom. The second-order valence-electron chi connectivity index (χ2n) is 3.85. The molecule has 0 bridgehead atoms. The summed E-state index contributed by atoms with van der Waals surface area (Å²) in [6.45, 7) is 2.25. The molecule has 1 heterocycles. The van der Waals surface area contributed by atoms with Crippen LogP contribution in [0.2, 0.25) is 0 Å². The third-order valence-corrected chi connectivity index (χ3v) is 2.53. The van der Waals surface area contributed by atoms with Gasteiger partial charge in [0.25, 0.3) is 11.6 Å². The van der Waals surface area contributed by atoms with Crippen LogP contribution in [0.15, 0.2) is 35.2 Å². The predicted molar refractivity (Wildman–Crippen MR) is 71.7 cm³/mol. The molecule has 2 N–H and O–H groups in total. The van der Waals surface area contributed by atoms with Crippen LogP contribution in [0.1, 0.15) is 17.3 Å². The van der Waals surface area contributed by atoms with Crippen LogP contribution in [0, 0.1) is 10.1 Å². The zero-order valence-electron chi connectivity index (χ0n) is 10.6. The zero-order valence-corrected chi connectivity index (χ0v) is 10.6. The van der Waals surface area contributed by atoms with Gasteiger partial charge in [0.15, 0.2) is 0 Å². The fraction of sp³-hybridized carbons (Fsp3) is 0.167. The van der Waals surface area contributed by atoms with Crippen LogP contribution in [0.4, 0.5) is 17.1 Å². The molecule has 0 aliphatic heterocycles. The molecule has 2 rings (SSSR count). The summed E-state index contributed by atoms with van der Waals surface area (Å²) in [5.74, 6) is -0.479. The van der Waals surface area contributed by atoms with Gasteiger partial charge in [-0.25, -0.2) is 0 Å². The molecule has 0 radical (unpaired) electrons. The summed E-state index contributed by atoms with van der Waals surface area (Å²) < 4.78 is 4.60. The number of carbonyl (C=O) groups excluding carboxylic acids is 1. The van der Waals surface area contributed by atoms with E-state index < -0.39 is 10.8 Å². The fourth-order valence-corrected chi connectivity index (χ4v) is 1.71. The number of carbonyl (C=O) groups is 1. The van der Waals surface area contributed by atoms with Gasteiger partial charge in [-0.05, 0) is 13.0 Å². The van der Waals surface area contributed by atoms with E-state index in [-0.39, 0.29) is 16.9 Å². The van der Waals surface area contributed by atoms with E-state index in [9.17, 15) is 14.9 Å². The summed E-state index contributed by atoms with van der Waals surface area (Å²) in [7, 11) is 0. The van der Waals surface area contributed by atoms with Gasteiger partial charge in [-0.1, -0.05) is 11.2 Å². The van der Waals surface area contributed by atoms with Gasteiger partial charge in [-0.3, -0.25) is 14.9 Å². The van der Waals surface area contributed by atoms with Gasteiger partial charge in [0.2, 0.25) is 0 Å². The van der Waals surface area contributed by atoms with Crippen molar-refractivity contribution in [3.05, 3.63) is 46.3 Å². The monoisotopic (exact) mass is 276 g/mol. The SMILES string of the molecule is CCNc1c(C(=O)Nc2cnoc2)cccc1[N+](=O)[O-]. The number of anilines is 2. The molecule has 0 saturated heterocycles. The molecule has 104 valence electrons. The van der Waals surface area contributed by atoms with Crippen molar-refractivity contribution in [2.75, 3.05) is 17.2 Å². The van der Waals surface area contributed by atoms with E-state index in [2.05, 4.69) is 20.3 Å². The minimum atomic E-state index is -0.534. The standard InChI is InChI=1S/C12H12N4O4/c1-2-13-11-9(4-3-5-10(11)16(18)19)12(17)15-8-6-14-20-7-8/h3-7,13H,2H2,1H3,(H,15,17). The van der Waals surface area contributed by atoms with E-state index in [4.69, 9.17) is 0 Å². The Bertz CT molecular complexity index is 624. The minimum absolute atomic E-state index is 0.148. The van der Waals surface area contributed by atoms with Gasteiger partial charge in [-0.15, -0.1) is 0 Å². The number of rotatable bonds is 5. The molecule has 0 saturated carbocycles. The maximum Gasteiger partial charge on any atom is 0.293 e. The number of nitrogens with one attached hydrogen (secondary N) is 2. The quantitative estimate of drug-likeness (QED) is 0.640. The van der Waals surface area contributed by atoms with Crippen molar-refractivity contribution in [1.82, 2.24) is 5.16 Å². The van der Waals surface area contributed by atoms with Crippen LogP contribution < -0.4 is 10.6 Å². The highest BCUT2D eigenvalue weighted by atomic mass is 16.6. The van der Waals surface area contributed by atoms with Gasteiger partial charge in [-0.2, -0.15) is 0 Å². The van der Waals surface area contributed by atoms with Crippen molar-refractivity contribution in [3.63, 3.8) is 0 Å². The molecule has 0 aliphatic rings. The molecule has 1 amide bonds. The van der Waals surface area contributed by atoms with E-state index in [1.165, 1.54) is 30.7 Å². The largest absolute Gasteiger partial charge is 0.379 e. The smallest absolute Gasteiger partial charge is 0.293 e. The molecule has 0 spiro atoms. The average molecular weight is 276 g/mol. The van der Waals surface area contributed by atoms with Gasteiger partial charge in [0.05, 0.1) is 16.7 Å². The Hall–Kier alpha value is -2.90. The molecule has 1 aromatic carbocycles. The zero-order chi connectivity index (χ0) is 14.5. The van der Waals surface area contributed by atoms with Crippen molar-refractivity contribution >= 4 is 23.0 Å². The molecule has 8 nitrogen and oxygen atoms in total. The van der Waals surface area contributed by atoms with Crippen LogP contribution in [0.25, 0.3) is 0 Å². The lowest BCUT2D eigenvalue weighted by atomic mass is 10.1. The van der Waals surface area contributed by atoms with Gasteiger partial charge in [0.1, 0.15) is 17.6 Å². The van der Waals surface area contributed by atoms with E-state index in [1.807, 2.05) is 0 Å². The molecular weight excluding hydrogens is 264 g/mol. The molecule has 0 unspecified atom stereocenters. The van der Waals surface area contributed by atoms with Crippen molar-refractivity contribution in [3.8, 4) is 0 Å². The van der Waals surface area contributed by atoms with Gasteiger partial charge in [0, 0.05) is 12.6 Å². The highest BCUT2D eigenvalue weighted by molar-refractivity contribution is 6.09. The number of amides is 1. The second kappa shape index (κ2) is 5.83. The van der Waals surface area contributed by atoms with E-state index in [0.717, 1.165) is 0 Å². The van der Waals surface area contributed by atoms with E-state index >= 15 is 0 Å². The molecule has 20 heavy (non-hydrogen) atoms. The third kappa shape index (κ3) is 2.74. The number of hydrogen-bond acceptors (Lipinski definition) is 6. The summed E-state index contributed by atoms with van der Waals surface area (Å²) >= 11 is 0. The lowest BCUT2D eigenvalue weighted by Gasteiger charge is -2.10. The number of aromatic nitrogens is 1. The highest BCUT2D eigenvalue weighted by Crippen LogP contribution is 2.28. The number of nitrogens with zero attached hydrogens (tertiary/aromatic N) is 2. The van der Waals surface area contributed by atoms with Crippen LogP contribution in [0.3, 0.4) is 0 Å². The molecule has 1 aromatic heterocycles. The van der Waals surface area contributed by atoms with Crippen molar-refractivity contribution in [1.29, 1.82) is 0 Å². The lowest BCUT2D eigenvalue weighted by molar-refractivity contribution is -0.384. The highest BCUT2D eigenvalue weighted by Gasteiger charge is 2.21. The first kappa shape index (κ1) is 13.5. The Kier molecular flexibility index (Phi) is 3.94. The first-order chi connectivity index (χ1) is 9.63. The molecule has 0 aliphatic carbocycles. The number of hydrogen-bond donors (Lipinski definition) is 2. The molecule has 0 atom stereocenters. The predicted octanol–water partition coefficient (Wildman–Crippen LogP) is 2.27. The second-order valence-corrected chi connectivity index (χ2v) is 3.85. The van der Waals surface area contributed by atoms with Crippen molar-refractivity contribution in [2.45, 2.75) is 6.92 Å². The van der Waals surface area contributed by atoms with Crippen LogP contribution in [-0.4, -0.2) is 22.5 Å². The minimum Gasteiger partial charge on any atom is -0.379 e. The summed E-state index contributed by atoms with van der Waals surface area (Å²) in [5.41, 5.74) is 0.602. The first-order valence-electron chi connectivity index (χ1n) is 5.85. The topological polar surface area (TPSA) is 110 Å². The lowest BCUT2D eigenvalue weighted by Crippen LogP contribution is -2.15. The van der Waals surface area contributed by atoms with Crippen molar-refractivity contribution in [2.24, 2.45) is 0 Å². The summed E-state index contributed by atoms with van der Waals surface area (Å²) in [4.78, 5) is 22.6. The Morgan fingerprint density at radius 2 is 2.30 bits per heavy atom. The number of benzene rings is 1.